The van der Waals surface area contributed by atoms with Crippen molar-refractivity contribution in [3.05, 3.63) is 64.7 Å². The van der Waals surface area contributed by atoms with Crippen molar-refractivity contribution in [3.8, 4) is 5.75 Å². The van der Waals surface area contributed by atoms with Gasteiger partial charge < -0.3 is 20.3 Å². The summed E-state index contributed by atoms with van der Waals surface area (Å²) in [6, 6.07) is 14.8. The van der Waals surface area contributed by atoms with Gasteiger partial charge in [0.05, 0.1) is 0 Å². The quantitative estimate of drug-likeness (QED) is 0.639. The fourth-order valence-corrected chi connectivity index (χ4v) is 3.14. The Morgan fingerprint density at radius 1 is 1.14 bits per heavy atom. The second-order valence-corrected chi connectivity index (χ2v) is 7.08. The van der Waals surface area contributed by atoms with Crippen LogP contribution in [-0.2, 0) is 6.61 Å². The van der Waals surface area contributed by atoms with Crippen LogP contribution in [0.1, 0.15) is 22.3 Å². The molecule has 3 rings (SSSR count). The second kappa shape index (κ2) is 11.9. The summed E-state index contributed by atoms with van der Waals surface area (Å²) >= 11 is 5.89. The third-order valence-electron chi connectivity index (χ3n) is 4.56. The smallest absolute Gasteiger partial charge is 0.251 e. The first-order valence-corrected chi connectivity index (χ1v) is 9.77. The Bertz CT molecular complexity index is 735. The monoisotopic (exact) mass is 423 g/mol. The third-order valence-corrected chi connectivity index (χ3v) is 4.81. The van der Waals surface area contributed by atoms with Crippen LogP contribution in [-0.4, -0.2) is 50.1 Å². The molecule has 2 aromatic rings. The molecule has 152 valence electrons. The van der Waals surface area contributed by atoms with Crippen molar-refractivity contribution in [2.45, 2.75) is 13.0 Å². The van der Waals surface area contributed by atoms with Crippen molar-refractivity contribution in [1.29, 1.82) is 0 Å². The van der Waals surface area contributed by atoms with Gasteiger partial charge in [0, 0.05) is 43.3 Å². The van der Waals surface area contributed by atoms with Crippen molar-refractivity contribution < 1.29 is 9.53 Å². The number of amides is 1. The van der Waals surface area contributed by atoms with E-state index in [-0.39, 0.29) is 18.3 Å². The Morgan fingerprint density at radius 2 is 1.89 bits per heavy atom. The number of benzene rings is 2. The van der Waals surface area contributed by atoms with Gasteiger partial charge in [0.2, 0.25) is 0 Å². The first-order chi connectivity index (χ1) is 13.2. The highest BCUT2D eigenvalue weighted by Crippen LogP contribution is 2.16. The summed E-state index contributed by atoms with van der Waals surface area (Å²) in [7, 11) is 0. The number of hydrogen-bond donors (Lipinski definition) is 2. The van der Waals surface area contributed by atoms with Crippen LogP contribution in [0.5, 0.6) is 5.75 Å². The van der Waals surface area contributed by atoms with Crippen LogP contribution in [0.2, 0.25) is 5.02 Å². The van der Waals surface area contributed by atoms with Crippen LogP contribution in [0.4, 0.5) is 0 Å². The normalized spacial score (nSPS) is 14.2. The fraction of sp³-hybridized carbons (Fsp3) is 0.381. The molecule has 0 bridgehead atoms. The molecule has 1 amide bonds. The molecular weight excluding hydrogens is 397 g/mol. The maximum absolute atomic E-state index is 12.4. The van der Waals surface area contributed by atoms with Crippen LogP contribution in [0.3, 0.4) is 0 Å². The van der Waals surface area contributed by atoms with Crippen LogP contribution in [0.25, 0.3) is 0 Å². The topological polar surface area (TPSA) is 53.6 Å². The number of rotatable bonds is 8. The number of carbonyl (C=O) groups excluding carboxylic acids is 1. The fourth-order valence-electron chi connectivity index (χ4n) is 3.02. The average molecular weight is 424 g/mol. The van der Waals surface area contributed by atoms with E-state index in [1.165, 1.54) is 0 Å². The maximum Gasteiger partial charge on any atom is 0.251 e. The van der Waals surface area contributed by atoms with E-state index in [1.54, 1.807) is 12.1 Å². The highest BCUT2D eigenvalue weighted by atomic mass is 35.5. The largest absolute Gasteiger partial charge is 0.489 e. The Kier molecular flexibility index (Phi) is 9.58. The molecule has 28 heavy (non-hydrogen) atoms. The Hall–Kier alpha value is -1.79. The van der Waals surface area contributed by atoms with Gasteiger partial charge in [0.15, 0.2) is 0 Å². The molecule has 1 aliphatic heterocycles. The zero-order chi connectivity index (χ0) is 18.9. The van der Waals surface area contributed by atoms with Crippen molar-refractivity contribution in [2.75, 3.05) is 39.3 Å². The summed E-state index contributed by atoms with van der Waals surface area (Å²) in [6.07, 6.45) is 0.957. The standard InChI is InChI=1S/C21H26ClN3O2.ClH/c22-19-7-5-17(6-8-19)16-27-20-4-1-3-18(15-20)21(26)24-9-2-12-25-13-10-23-11-14-25;/h1,3-8,15,23H,2,9-14,16H2,(H,24,26);1H. The van der Waals surface area contributed by atoms with E-state index in [2.05, 4.69) is 15.5 Å². The lowest BCUT2D eigenvalue weighted by atomic mass is 10.2. The summed E-state index contributed by atoms with van der Waals surface area (Å²) in [5, 5.41) is 7.04. The summed E-state index contributed by atoms with van der Waals surface area (Å²) < 4.78 is 5.79. The van der Waals surface area contributed by atoms with Gasteiger partial charge in [0.1, 0.15) is 12.4 Å². The van der Waals surface area contributed by atoms with Gasteiger partial charge in [-0.05, 0) is 48.9 Å². The minimum absolute atomic E-state index is 0. The zero-order valence-electron chi connectivity index (χ0n) is 15.8. The highest BCUT2D eigenvalue weighted by molar-refractivity contribution is 6.30. The van der Waals surface area contributed by atoms with E-state index in [4.69, 9.17) is 16.3 Å². The number of nitrogens with zero attached hydrogens (tertiary/aromatic N) is 1. The molecule has 0 radical (unpaired) electrons. The molecule has 0 saturated carbocycles. The zero-order valence-corrected chi connectivity index (χ0v) is 17.4. The lowest BCUT2D eigenvalue weighted by Gasteiger charge is -2.27. The first kappa shape index (κ1) is 22.5. The van der Waals surface area contributed by atoms with Crippen LogP contribution in [0.15, 0.2) is 48.5 Å². The molecule has 5 nitrogen and oxygen atoms in total. The Morgan fingerprint density at radius 3 is 2.64 bits per heavy atom. The maximum atomic E-state index is 12.4. The number of halogens is 2. The Labute approximate surface area is 177 Å². The molecule has 1 fully saturated rings. The molecule has 0 atom stereocenters. The van der Waals surface area contributed by atoms with Crippen LogP contribution in [0, 0.1) is 0 Å². The van der Waals surface area contributed by atoms with Gasteiger partial charge in [-0.2, -0.15) is 0 Å². The lowest BCUT2D eigenvalue weighted by molar-refractivity contribution is 0.0950. The summed E-state index contributed by atoms with van der Waals surface area (Å²) in [5.41, 5.74) is 1.65. The van der Waals surface area contributed by atoms with Gasteiger partial charge >= 0.3 is 0 Å². The number of ether oxygens (including phenoxy) is 1. The molecule has 2 aromatic carbocycles. The minimum Gasteiger partial charge on any atom is -0.489 e. The minimum atomic E-state index is -0.0627. The lowest BCUT2D eigenvalue weighted by Crippen LogP contribution is -2.44. The van der Waals surface area contributed by atoms with Gasteiger partial charge in [-0.1, -0.05) is 29.8 Å². The third kappa shape index (κ3) is 7.32. The Balaban J connectivity index is 0.00000280. The molecule has 1 aliphatic rings. The summed E-state index contributed by atoms with van der Waals surface area (Å²) in [6.45, 7) is 6.41. The van der Waals surface area contributed by atoms with Gasteiger partial charge in [-0.3, -0.25) is 4.79 Å². The molecule has 0 spiro atoms. The van der Waals surface area contributed by atoms with E-state index in [1.807, 2.05) is 36.4 Å². The van der Waals surface area contributed by atoms with Crippen molar-refractivity contribution in [2.24, 2.45) is 0 Å². The molecular formula is C21H27Cl2N3O2. The number of piperazine rings is 1. The van der Waals surface area contributed by atoms with E-state index < -0.39 is 0 Å². The van der Waals surface area contributed by atoms with Gasteiger partial charge in [0.25, 0.3) is 5.91 Å². The van der Waals surface area contributed by atoms with E-state index >= 15 is 0 Å². The van der Waals surface area contributed by atoms with Crippen LogP contribution >= 0.6 is 24.0 Å². The molecule has 0 aliphatic carbocycles. The first-order valence-electron chi connectivity index (χ1n) is 9.39. The number of nitrogens with one attached hydrogen (secondary N) is 2. The molecule has 7 heteroatoms. The van der Waals surface area contributed by atoms with Gasteiger partial charge in [-0.15, -0.1) is 12.4 Å². The van der Waals surface area contributed by atoms with Crippen molar-refractivity contribution in [3.63, 3.8) is 0 Å². The average Bonchev–Trinajstić information content (AvgIpc) is 2.71. The predicted octanol–water partition coefficient (Wildman–Crippen LogP) is 3.37. The predicted molar refractivity (Wildman–Crippen MR) is 116 cm³/mol. The number of hydrogen-bond acceptors (Lipinski definition) is 4. The molecule has 1 saturated heterocycles. The second-order valence-electron chi connectivity index (χ2n) is 6.64. The van der Waals surface area contributed by atoms with Crippen molar-refractivity contribution >= 4 is 29.9 Å². The molecule has 2 N–H and O–H groups in total. The van der Waals surface area contributed by atoms with E-state index in [9.17, 15) is 4.79 Å². The number of carbonyl (C=O) groups is 1. The van der Waals surface area contributed by atoms with E-state index in [0.29, 0.717) is 29.5 Å². The molecule has 0 aromatic heterocycles. The summed E-state index contributed by atoms with van der Waals surface area (Å²) in [4.78, 5) is 14.8. The molecule has 1 heterocycles. The summed E-state index contributed by atoms with van der Waals surface area (Å²) in [5.74, 6) is 0.616. The van der Waals surface area contributed by atoms with E-state index in [0.717, 1.165) is 44.7 Å². The molecule has 0 unspecified atom stereocenters. The van der Waals surface area contributed by atoms with Crippen LogP contribution < -0.4 is 15.4 Å². The highest BCUT2D eigenvalue weighted by Gasteiger charge is 2.10. The van der Waals surface area contributed by atoms with Crippen molar-refractivity contribution in [1.82, 2.24) is 15.5 Å². The SMILES string of the molecule is Cl.O=C(NCCCN1CCNCC1)c1cccc(OCc2ccc(Cl)cc2)c1. The van der Waals surface area contributed by atoms with Gasteiger partial charge in [-0.25, -0.2) is 0 Å².